The fraction of sp³-hybridized carbons (Fsp3) is 0.500. The molecule has 1 atom stereocenters. The number of amides is 1. The fourth-order valence-corrected chi connectivity index (χ4v) is 3.69. The van der Waals surface area contributed by atoms with E-state index in [1.54, 1.807) is 0 Å². The molecule has 2 heterocycles. The first-order valence-electron chi connectivity index (χ1n) is 9.03. The van der Waals surface area contributed by atoms with Crippen LogP contribution in [0, 0.1) is 6.92 Å². The van der Waals surface area contributed by atoms with E-state index in [2.05, 4.69) is 36.5 Å². The Morgan fingerprint density at radius 1 is 1.25 bits per heavy atom. The summed E-state index contributed by atoms with van der Waals surface area (Å²) in [6, 6.07) is 8.70. The predicted molar refractivity (Wildman–Crippen MR) is 96.4 cm³/mol. The van der Waals surface area contributed by atoms with Crippen molar-refractivity contribution in [3.8, 4) is 0 Å². The number of benzene rings is 1. The van der Waals surface area contributed by atoms with E-state index in [4.69, 9.17) is 4.98 Å². The third kappa shape index (κ3) is 2.91. The minimum Gasteiger partial charge on any atom is -0.337 e. The molecule has 2 fully saturated rings. The van der Waals surface area contributed by atoms with Gasteiger partial charge in [-0.25, -0.2) is 0 Å². The molecule has 1 aromatic heterocycles. The van der Waals surface area contributed by atoms with Crippen LogP contribution < -0.4 is 5.32 Å². The molecule has 4 rings (SSSR count). The maximum atomic E-state index is 13.3. The van der Waals surface area contributed by atoms with E-state index in [0.717, 1.165) is 48.1 Å². The highest BCUT2D eigenvalue weighted by molar-refractivity contribution is 6.06. The Hall–Kier alpha value is -1.94. The monoisotopic (exact) mass is 323 g/mol. The average Bonchev–Trinajstić information content (AvgIpc) is 3.45. The molecule has 24 heavy (non-hydrogen) atoms. The van der Waals surface area contributed by atoms with Crippen LogP contribution in [0.5, 0.6) is 0 Å². The summed E-state index contributed by atoms with van der Waals surface area (Å²) in [5, 5.41) is 4.32. The van der Waals surface area contributed by atoms with Crippen molar-refractivity contribution in [3.05, 3.63) is 41.1 Å². The molecule has 1 aromatic carbocycles. The maximum Gasteiger partial charge on any atom is 0.254 e. The van der Waals surface area contributed by atoms with Gasteiger partial charge in [-0.3, -0.25) is 9.78 Å². The van der Waals surface area contributed by atoms with E-state index in [1.165, 1.54) is 18.4 Å². The quantitative estimate of drug-likeness (QED) is 0.943. The highest BCUT2D eigenvalue weighted by Crippen LogP contribution is 2.40. The lowest BCUT2D eigenvalue weighted by molar-refractivity contribution is 0.0700. The Bertz CT molecular complexity index is 782. The number of nitrogens with zero attached hydrogens (tertiary/aromatic N) is 2. The summed E-state index contributed by atoms with van der Waals surface area (Å²) in [4.78, 5) is 20.1. The number of likely N-dealkylation sites (N-methyl/N-ethyl adjacent to an activating group) is 1. The van der Waals surface area contributed by atoms with Gasteiger partial charge in [0.2, 0.25) is 0 Å². The summed E-state index contributed by atoms with van der Waals surface area (Å²) < 4.78 is 0. The lowest BCUT2D eigenvalue weighted by atomic mass is 10.0. The zero-order valence-electron chi connectivity index (χ0n) is 14.5. The van der Waals surface area contributed by atoms with Crippen molar-refractivity contribution >= 4 is 16.8 Å². The van der Waals surface area contributed by atoms with Gasteiger partial charge in [0.15, 0.2) is 0 Å². The summed E-state index contributed by atoms with van der Waals surface area (Å²) in [5.41, 5.74) is 4.05. The van der Waals surface area contributed by atoms with E-state index in [9.17, 15) is 4.79 Å². The summed E-state index contributed by atoms with van der Waals surface area (Å²) in [6.45, 7) is 3.72. The second-order valence-corrected chi connectivity index (χ2v) is 7.27. The molecule has 1 unspecified atom stereocenters. The molecule has 2 aliphatic rings. The van der Waals surface area contributed by atoms with Crippen LogP contribution in [0.1, 0.15) is 53.2 Å². The first-order chi connectivity index (χ1) is 11.7. The molecular weight excluding hydrogens is 298 g/mol. The number of carbonyl (C=O) groups is 1. The van der Waals surface area contributed by atoms with Gasteiger partial charge in [0.25, 0.3) is 5.91 Å². The van der Waals surface area contributed by atoms with E-state index in [0.29, 0.717) is 12.0 Å². The first-order valence-corrected chi connectivity index (χ1v) is 9.03. The smallest absolute Gasteiger partial charge is 0.254 e. The largest absolute Gasteiger partial charge is 0.337 e. The first kappa shape index (κ1) is 15.6. The second-order valence-electron chi connectivity index (χ2n) is 7.27. The van der Waals surface area contributed by atoms with Crippen molar-refractivity contribution in [1.29, 1.82) is 0 Å². The standard InChI is InChI=1S/C20H25N3O/c1-13-5-8-18-16(10-13)17(11-19(22-18)14-6-7-14)20(24)23-9-3-4-15(12-23)21-2/h5,8,10-11,14-15,21H,3-4,6-7,9,12H2,1-2H3. The Morgan fingerprint density at radius 2 is 2.08 bits per heavy atom. The SMILES string of the molecule is CNC1CCCN(C(=O)c2cc(C3CC3)nc3ccc(C)cc23)C1. The Morgan fingerprint density at radius 3 is 2.83 bits per heavy atom. The third-order valence-corrected chi connectivity index (χ3v) is 5.33. The Kier molecular flexibility index (Phi) is 4.01. The number of nitrogens with one attached hydrogen (secondary N) is 1. The molecule has 4 nitrogen and oxygen atoms in total. The molecule has 0 radical (unpaired) electrons. The van der Waals surface area contributed by atoms with Crippen LogP contribution in [-0.2, 0) is 0 Å². The number of pyridine rings is 1. The number of aryl methyl sites for hydroxylation is 1. The van der Waals surface area contributed by atoms with Gasteiger partial charge < -0.3 is 10.2 Å². The van der Waals surface area contributed by atoms with Gasteiger partial charge in [0, 0.05) is 36.1 Å². The molecule has 1 saturated carbocycles. The molecular formula is C20H25N3O. The van der Waals surface area contributed by atoms with Crippen molar-refractivity contribution in [3.63, 3.8) is 0 Å². The van der Waals surface area contributed by atoms with Crippen LogP contribution in [-0.4, -0.2) is 42.0 Å². The van der Waals surface area contributed by atoms with Crippen LogP contribution in [0.3, 0.4) is 0 Å². The van der Waals surface area contributed by atoms with Gasteiger partial charge in [0.1, 0.15) is 0 Å². The molecule has 1 aliphatic carbocycles. The summed E-state index contributed by atoms with van der Waals surface area (Å²) in [7, 11) is 1.98. The molecule has 126 valence electrons. The predicted octanol–water partition coefficient (Wildman–Crippen LogP) is 3.24. The lowest BCUT2D eigenvalue weighted by Gasteiger charge is -2.33. The number of piperidine rings is 1. The minimum atomic E-state index is 0.162. The van der Waals surface area contributed by atoms with Crippen molar-refractivity contribution in [2.24, 2.45) is 0 Å². The van der Waals surface area contributed by atoms with Gasteiger partial charge >= 0.3 is 0 Å². The number of rotatable bonds is 3. The number of likely N-dealkylation sites (tertiary alicyclic amines) is 1. The second kappa shape index (κ2) is 6.17. The summed E-state index contributed by atoms with van der Waals surface area (Å²) in [6.07, 6.45) is 4.60. The van der Waals surface area contributed by atoms with Gasteiger partial charge in [-0.2, -0.15) is 0 Å². The normalized spacial score (nSPS) is 21.2. The van der Waals surface area contributed by atoms with Gasteiger partial charge in [0.05, 0.1) is 11.1 Å². The number of carbonyl (C=O) groups excluding carboxylic acids is 1. The summed E-state index contributed by atoms with van der Waals surface area (Å²) in [5.74, 6) is 0.712. The lowest BCUT2D eigenvalue weighted by Crippen LogP contribution is -2.47. The zero-order chi connectivity index (χ0) is 16.7. The van der Waals surface area contributed by atoms with Gasteiger partial charge in [-0.1, -0.05) is 11.6 Å². The van der Waals surface area contributed by atoms with Crippen molar-refractivity contribution < 1.29 is 4.79 Å². The number of aromatic nitrogens is 1. The molecule has 4 heteroatoms. The summed E-state index contributed by atoms with van der Waals surface area (Å²) >= 11 is 0. The molecule has 1 N–H and O–H groups in total. The van der Waals surface area contributed by atoms with E-state index >= 15 is 0 Å². The minimum absolute atomic E-state index is 0.162. The van der Waals surface area contributed by atoms with Crippen LogP contribution in [0.25, 0.3) is 10.9 Å². The molecule has 0 spiro atoms. The van der Waals surface area contributed by atoms with Crippen molar-refractivity contribution in [2.45, 2.75) is 44.6 Å². The highest BCUT2D eigenvalue weighted by atomic mass is 16.2. The molecule has 0 bridgehead atoms. The van der Waals surface area contributed by atoms with E-state index in [-0.39, 0.29) is 5.91 Å². The van der Waals surface area contributed by atoms with Crippen LogP contribution in [0.4, 0.5) is 0 Å². The van der Waals surface area contributed by atoms with Crippen LogP contribution >= 0.6 is 0 Å². The zero-order valence-corrected chi connectivity index (χ0v) is 14.5. The third-order valence-electron chi connectivity index (χ3n) is 5.33. The van der Waals surface area contributed by atoms with Gasteiger partial charge in [-0.15, -0.1) is 0 Å². The van der Waals surface area contributed by atoms with E-state index < -0.39 is 0 Å². The van der Waals surface area contributed by atoms with Gasteiger partial charge in [-0.05, 0) is 57.9 Å². The maximum absolute atomic E-state index is 13.3. The number of hydrogen-bond donors (Lipinski definition) is 1. The van der Waals surface area contributed by atoms with Crippen molar-refractivity contribution in [1.82, 2.24) is 15.2 Å². The fourth-order valence-electron chi connectivity index (χ4n) is 3.69. The molecule has 1 aliphatic heterocycles. The molecule has 1 amide bonds. The number of fused-ring (bicyclic) bond motifs is 1. The molecule has 1 saturated heterocycles. The number of hydrogen-bond acceptors (Lipinski definition) is 3. The Labute approximate surface area is 143 Å². The highest BCUT2D eigenvalue weighted by Gasteiger charge is 2.29. The average molecular weight is 323 g/mol. The molecule has 2 aromatic rings. The van der Waals surface area contributed by atoms with Crippen LogP contribution in [0.2, 0.25) is 0 Å². The van der Waals surface area contributed by atoms with E-state index in [1.807, 2.05) is 11.9 Å². The van der Waals surface area contributed by atoms with Crippen molar-refractivity contribution in [2.75, 3.05) is 20.1 Å². The topological polar surface area (TPSA) is 45.2 Å². The van der Waals surface area contributed by atoms with Crippen LogP contribution in [0.15, 0.2) is 24.3 Å². The Balaban J connectivity index is 1.76.